The molecule has 1 fully saturated rings. The highest BCUT2D eigenvalue weighted by Gasteiger charge is 2.26. The van der Waals surface area contributed by atoms with Crippen LogP contribution in [0.25, 0.3) is 10.9 Å². The second-order valence-corrected chi connectivity index (χ2v) is 7.04. The highest BCUT2D eigenvalue weighted by Crippen LogP contribution is 2.21. The van der Waals surface area contributed by atoms with Crippen LogP contribution in [0.3, 0.4) is 0 Å². The zero-order valence-corrected chi connectivity index (χ0v) is 15.6. The van der Waals surface area contributed by atoms with Gasteiger partial charge in [-0.05, 0) is 42.5 Å². The molecule has 4 rings (SSSR count). The molecule has 1 amide bonds. The van der Waals surface area contributed by atoms with Crippen molar-refractivity contribution < 1.29 is 9.53 Å². The molecule has 1 aliphatic heterocycles. The van der Waals surface area contributed by atoms with Crippen LogP contribution in [0.2, 0.25) is 0 Å². The maximum atomic E-state index is 12.9. The van der Waals surface area contributed by atoms with E-state index < -0.39 is 0 Å². The Labute approximate surface area is 157 Å². The summed E-state index contributed by atoms with van der Waals surface area (Å²) in [7, 11) is 3.83. The number of rotatable bonds is 4. The maximum Gasteiger partial charge on any atom is 0.254 e. The number of amides is 1. The van der Waals surface area contributed by atoms with Gasteiger partial charge in [-0.2, -0.15) is 0 Å². The Hall–Kier alpha value is -3.09. The molecule has 1 unspecified atom stereocenters. The molecule has 1 aliphatic rings. The number of benzene rings is 1. The molecule has 1 atom stereocenters. The van der Waals surface area contributed by atoms with Gasteiger partial charge in [-0.1, -0.05) is 6.07 Å². The number of H-pyrrole nitrogens is 1. The van der Waals surface area contributed by atoms with E-state index in [0.717, 1.165) is 36.1 Å². The smallest absolute Gasteiger partial charge is 0.254 e. The number of hydrogen-bond acceptors (Lipinski definition) is 5. The Morgan fingerprint density at radius 3 is 2.89 bits per heavy atom. The van der Waals surface area contributed by atoms with Gasteiger partial charge in [0.2, 0.25) is 5.88 Å². The van der Waals surface area contributed by atoms with E-state index in [-0.39, 0.29) is 12.0 Å². The molecular formula is C20H23N5O2. The summed E-state index contributed by atoms with van der Waals surface area (Å²) in [5.41, 5.74) is 1.67. The van der Waals surface area contributed by atoms with Crippen molar-refractivity contribution >= 4 is 22.6 Å². The topological polar surface area (TPSA) is 74.3 Å². The average Bonchev–Trinajstić information content (AvgIpc) is 3.16. The van der Waals surface area contributed by atoms with Gasteiger partial charge in [0.1, 0.15) is 6.10 Å². The monoisotopic (exact) mass is 365 g/mol. The van der Waals surface area contributed by atoms with Gasteiger partial charge in [0.05, 0.1) is 6.54 Å². The van der Waals surface area contributed by atoms with Gasteiger partial charge < -0.3 is 19.5 Å². The SMILES string of the molecule is CN(C)c1ccc(OC2CCCN(C(=O)c3ccc4cc[nH]c4c3)C2)nn1. The lowest BCUT2D eigenvalue weighted by Gasteiger charge is -2.32. The van der Waals surface area contributed by atoms with Gasteiger partial charge >= 0.3 is 0 Å². The van der Waals surface area contributed by atoms with Crippen molar-refractivity contribution in [1.29, 1.82) is 0 Å². The van der Waals surface area contributed by atoms with E-state index in [0.29, 0.717) is 18.0 Å². The molecule has 2 aromatic heterocycles. The first-order chi connectivity index (χ1) is 13.1. The standard InChI is InChI=1S/C20H23N5O2/c1-24(2)18-7-8-19(23-22-18)27-16-4-3-11-25(13-16)20(26)15-6-5-14-9-10-21-17(14)12-15/h5-10,12,16,21H,3-4,11,13H2,1-2H3. The van der Waals surface area contributed by atoms with E-state index in [1.54, 1.807) is 0 Å². The Morgan fingerprint density at radius 2 is 2.11 bits per heavy atom. The zero-order chi connectivity index (χ0) is 18.8. The van der Waals surface area contributed by atoms with E-state index in [1.807, 2.05) is 66.5 Å². The van der Waals surface area contributed by atoms with Crippen LogP contribution in [-0.2, 0) is 0 Å². The minimum absolute atomic E-state index is 0.0360. The normalized spacial score (nSPS) is 17.1. The van der Waals surface area contributed by atoms with Crippen LogP contribution in [0, 0.1) is 0 Å². The van der Waals surface area contributed by atoms with Gasteiger partial charge in [-0.3, -0.25) is 4.79 Å². The van der Waals surface area contributed by atoms with E-state index in [1.165, 1.54) is 0 Å². The minimum atomic E-state index is -0.0728. The molecule has 0 saturated carbocycles. The third-order valence-electron chi connectivity index (χ3n) is 4.84. The lowest BCUT2D eigenvalue weighted by atomic mass is 10.1. The fraction of sp³-hybridized carbons (Fsp3) is 0.350. The highest BCUT2D eigenvalue weighted by atomic mass is 16.5. The van der Waals surface area contributed by atoms with Crippen LogP contribution in [0.15, 0.2) is 42.6 Å². The van der Waals surface area contributed by atoms with Crippen LogP contribution >= 0.6 is 0 Å². The lowest BCUT2D eigenvalue weighted by Crippen LogP contribution is -2.44. The van der Waals surface area contributed by atoms with Crippen LogP contribution in [0.4, 0.5) is 5.82 Å². The molecule has 0 spiro atoms. The summed E-state index contributed by atoms with van der Waals surface area (Å²) in [6.07, 6.45) is 3.61. The predicted molar refractivity (Wildman–Crippen MR) is 104 cm³/mol. The molecule has 1 N–H and O–H groups in total. The van der Waals surface area contributed by atoms with E-state index in [4.69, 9.17) is 4.74 Å². The molecule has 3 heterocycles. The molecule has 7 heteroatoms. The Bertz CT molecular complexity index is 935. The molecule has 3 aromatic rings. The molecule has 0 radical (unpaired) electrons. The maximum absolute atomic E-state index is 12.9. The van der Waals surface area contributed by atoms with E-state index in [2.05, 4.69) is 15.2 Å². The second-order valence-electron chi connectivity index (χ2n) is 7.04. The molecule has 1 saturated heterocycles. The first-order valence-electron chi connectivity index (χ1n) is 9.14. The Kier molecular flexibility index (Phi) is 4.66. The van der Waals surface area contributed by atoms with Crippen molar-refractivity contribution in [1.82, 2.24) is 20.1 Å². The van der Waals surface area contributed by atoms with Gasteiger partial charge in [-0.15, -0.1) is 10.2 Å². The molecule has 0 bridgehead atoms. The van der Waals surface area contributed by atoms with Crippen molar-refractivity contribution in [3.8, 4) is 5.88 Å². The number of aromatic amines is 1. The molecule has 27 heavy (non-hydrogen) atoms. The fourth-order valence-electron chi connectivity index (χ4n) is 3.37. The van der Waals surface area contributed by atoms with Crippen LogP contribution < -0.4 is 9.64 Å². The predicted octanol–water partition coefficient (Wildman–Crippen LogP) is 2.71. The van der Waals surface area contributed by atoms with E-state index >= 15 is 0 Å². The van der Waals surface area contributed by atoms with Gasteiger partial charge in [0, 0.05) is 44.0 Å². The number of piperidine rings is 1. The number of aromatic nitrogens is 3. The molecule has 0 aliphatic carbocycles. The largest absolute Gasteiger partial charge is 0.471 e. The summed E-state index contributed by atoms with van der Waals surface area (Å²) in [5, 5.41) is 9.37. The Balaban J connectivity index is 1.43. The number of carbonyl (C=O) groups is 1. The van der Waals surface area contributed by atoms with Crippen molar-refractivity contribution in [2.75, 3.05) is 32.1 Å². The van der Waals surface area contributed by atoms with Crippen LogP contribution in [0.5, 0.6) is 5.88 Å². The van der Waals surface area contributed by atoms with Gasteiger partial charge in [0.15, 0.2) is 5.82 Å². The van der Waals surface area contributed by atoms with Gasteiger partial charge in [-0.25, -0.2) is 0 Å². The first kappa shape index (κ1) is 17.3. The fourth-order valence-corrected chi connectivity index (χ4v) is 3.37. The summed E-state index contributed by atoms with van der Waals surface area (Å²) in [6.45, 7) is 1.30. The zero-order valence-electron chi connectivity index (χ0n) is 15.6. The van der Waals surface area contributed by atoms with Crippen LogP contribution in [-0.4, -0.2) is 59.3 Å². The molecule has 7 nitrogen and oxygen atoms in total. The second kappa shape index (κ2) is 7.26. The average molecular weight is 365 g/mol. The number of likely N-dealkylation sites (tertiary alicyclic amines) is 1. The summed E-state index contributed by atoms with van der Waals surface area (Å²) in [6, 6.07) is 11.5. The molecule has 1 aromatic carbocycles. The number of carbonyl (C=O) groups excluding carboxylic acids is 1. The summed E-state index contributed by atoms with van der Waals surface area (Å²) in [5.74, 6) is 1.31. The van der Waals surface area contributed by atoms with Crippen molar-refractivity contribution in [2.45, 2.75) is 18.9 Å². The number of fused-ring (bicyclic) bond motifs is 1. The minimum Gasteiger partial charge on any atom is -0.471 e. The number of nitrogens with one attached hydrogen (secondary N) is 1. The Morgan fingerprint density at radius 1 is 1.22 bits per heavy atom. The lowest BCUT2D eigenvalue weighted by molar-refractivity contribution is 0.0526. The summed E-state index contributed by atoms with van der Waals surface area (Å²) >= 11 is 0. The van der Waals surface area contributed by atoms with Crippen molar-refractivity contribution in [3.63, 3.8) is 0 Å². The number of ether oxygens (including phenoxy) is 1. The molecule has 140 valence electrons. The number of hydrogen-bond donors (Lipinski definition) is 1. The molecular weight excluding hydrogens is 342 g/mol. The first-order valence-corrected chi connectivity index (χ1v) is 9.14. The van der Waals surface area contributed by atoms with Crippen molar-refractivity contribution in [2.24, 2.45) is 0 Å². The highest BCUT2D eigenvalue weighted by molar-refractivity contribution is 5.98. The third kappa shape index (κ3) is 3.72. The van der Waals surface area contributed by atoms with Crippen molar-refractivity contribution in [3.05, 3.63) is 48.2 Å². The number of anilines is 1. The van der Waals surface area contributed by atoms with Gasteiger partial charge in [0.25, 0.3) is 5.91 Å². The quantitative estimate of drug-likeness (QED) is 0.769. The van der Waals surface area contributed by atoms with E-state index in [9.17, 15) is 4.79 Å². The number of nitrogens with zero attached hydrogens (tertiary/aromatic N) is 4. The summed E-state index contributed by atoms with van der Waals surface area (Å²) in [4.78, 5) is 19.8. The third-order valence-corrected chi connectivity index (χ3v) is 4.84. The summed E-state index contributed by atoms with van der Waals surface area (Å²) < 4.78 is 5.97. The van der Waals surface area contributed by atoms with Crippen LogP contribution in [0.1, 0.15) is 23.2 Å².